The van der Waals surface area contributed by atoms with Gasteiger partial charge >= 0.3 is 0 Å². The first kappa shape index (κ1) is 21.3. The fourth-order valence-corrected chi connectivity index (χ4v) is 3.65. The third-order valence-corrected chi connectivity index (χ3v) is 6.35. The van der Waals surface area contributed by atoms with Crippen molar-refractivity contribution >= 4 is 8.07 Å². The van der Waals surface area contributed by atoms with E-state index in [0.717, 1.165) is 6.04 Å². The van der Waals surface area contributed by atoms with E-state index in [9.17, 15) is 8.78 Å². The van der Waals surface area contributed by atoms with Gasteiger partial charge in [-0.05, 0) is 25.5 Å². The van der Waals surface area contributed by atoms with E-state index in [4.69, 9.17) is 4.74 Å². The molecule has 0 saturated carbocycles. The highest BCUT2D eigenvalue weighted by Gasteiger charge is 2.17. The van der Waals surface area contributed by atoms with Crippen LogP contribution in [0.15, 0.2) is 24.5 Å². The smallest absolute Gasteiger partial charge is 0.167 e. The predicted molar refractivity (Wildman–Crippen MR) is 110 cm³/mol. The number of rotatable bonds is 8. The third-order valence-electron chi connectivity index (χ3n) is 4.64. The normalized spacial score (nSPS) is 12.0. The van der Waals surface area contributed by atoms with Crippen LogP contribution in [0.5, 0.6) is 0 Å². The molecule has 3 rings (SSSR count). The number of hydrogen-bond acceptors (Lipinski definition) is 4. The van der Waals surface area contributed by atoms with Crippen molar-refractivity contribution in [2.24, 2.45) is 0 Å². The molecule has 0 spiro atoms. The van der Waals surface area contributed by atoms with Crippen LogP contribution in [-0.4, -0.2) is 39.5 Å². The zero-order chi connectivity index (χ0) is 21.2. The van der Waals surface area contributed by atoms with E-state index in [1.807, 2.05) is 0 Å². The summed E-state index contributed by atoms with van der Waals surface area (Å²) < 4.78 is 37.2. The van der Waals surface area contributed by atoms with Gasteiger partial charge in [0.25, 0.3) is 0 Å². The van der Waals surface area contributed by atoms with Crippen LogP contribution >= 0.6 is 0 Å². The topological polar surface area (TPSA) is 57.8 Å². The van der Waals surface area contributed by atoms with Crippen molar-refractivity contribution in [3.05, 3.63) is 53.1 Å². The molecule has 0 atom stereocenters. The fraction of sp³-hybridized carbons (Fsp3) is 0.450. The molecule has 1 aromatic carbocycles. The Morgan fingerprint density at radius 2 is 1.76 bits per heavy atom. The molecule has 9 heteroatoms. The second-order valence-electron chi connectivity index (χ2n) is 8.48. The van der Waals surface area contributed by atoms with Crippen LogP contribution in [0.1, 0.15) is 17.0 Å². The summed E-state index contributed by atoms with van der Waals surface area (Å²) in [6, 6.07) is 4.24. The lowest BCUT2D eigenvalue weighted by Gasteiger charge is -2.15. The highest BCUT2D eigenvalue weighted by Crippen LogP contribution is 2.28. The first-order valence-electron chi connectivity index (χ1n) is 9.60. The lowest BCUT2D eigenvalue weighted by Crippen LogP contribution is -2.22. The van der Waals surface area contributed by atoms with Crippen molar-refractivity contribution in [1.29, 1.82) is 0 Å². The van der Waals surface area contributed by atoms with E-state index in [2.05, 4.69) is 35.1 Å². The van der Waals surface area contributed by atoms with E-state index in [-0.39, 0.29) is 11.1 Å². The molecule has 0 amide bonds. The lowest BCUT2D eigenvalue weighted by molar-refractivity contribution is 0.0772. The number of aromatic nitrogens is 5. The molecule has 0 N–H and O–H groups in total. The van der Waals surface area contributed by atoms with Crippen LogP contribution in [0, 0.1) is 25.5 Å². The number of aryl methyl sites for hydroxylation is 2. The second kappa shape index (κ2) is 8.54. The molecule has 0 aliphatic carbocycles. The Kier molecular flexibility index (Phi) is 6.28. The molecule has 156 valence electrons. The monoisotopic (exact) mass is 419 g/mol. The Balaban J connectivity index is 1.66. The minimum Gasteiger partial charge on any atom is -0.359 e. The quantitative estimate of drug-likeness (QED) is 0.401. The maximum atomic E-state index is 14.3. The van der Waals surface area contributed by atoms with Gasteiger partial charge in [0.2, 0.25) is 0 Å². The third kappa shape index (κ3) is 5.36. The highest BCUT2D eigenvalue weighted by atomic mass is 28.3. The molecule has 0 bridgehead atoms. The molecule has 0 radical (unpaired) electrons. The van der Waals surface area contributed by atoms with Crippen LogP contribution in [0.4, 0.5) is 8.78 Å². The van der Waals surface area contributed by atoms with Gasteiger partial charge in [0, 0.05) is 32.0 Å². The number of ether oxygens (including phenoxy) is 1. The average molecular weight is 420 g/mol. The van der Waals surface area contributed by atoms with Crippen LogP contribution in [0.25, 0.3) is 11.1 Å². The summed E-state index contributed by atoms with van der Waals surface area (Å²) in [6.07, 6.45) is 3.50. The molecular weight excluding hydrogens is 392 g/mol. The molecule has 0 fully saturated rings. The standard InChI is InChI=1S/C20H27F2N5OSi/c1-14-6-7-17(20(22)19(14)21)18-12-26(24-15(18)2)10-16-11-27(25-23-16)13-28-8-9-29(3,4)5/h6-7,11-12H,8-10,13H2,1-5H3. The Morgan fingerprint density at radius 1 is 1.00 bits per heavy atom. The summed E-state index contributed by atoms with van der Waals surface area (Å²) in [7, 11) is -1.12. The van der Waals surface area contributed by atoms with Crippen LogP contribution in [0.2, 0.25) is 25.7 Å². The van der Waals surface area contributed by atoms with E-state index in [1.54, 1.807) is 40.8 Å². The zero-order valence-electron chi connectivity index (χ0n) is 17.5. The summed E-state index contributed by atoms with van der Waals surface area (Å²) in [6.45, 7) is 11.7. The summed E-state index contributed by atoms with van der Waals surface area (Å²) in [5, 5.41) is 12.6. The van der Waals surface area contributed by atoms with Crippen molar-refractivity contribution in [2.75, 3.05) is 6.61 Å². The second-order valence-corrected chi connectivity index (χ2v) is 14.1. The van der Waals surface area contributed by atoms with Crippen molar-refractivity contribution in [1.82, 2.24) is 24.8 Å². The fourth-order valence-electron chi connectivity index (χ4n) is 2.89. The van der Waals surface area contributed by atoms with Gasteiger partial charge in [-0.1, -0.05) is 37.0 Å². The molecule has 0 aliphatic rings. The molecule has 0 aliphatic heterocycles. The molecule has 3 aromatic rings. The first-order chi connectivity index (χ1) is 13.6. The Morgan fingerprint density at radius 3 is 2.48 bits per heavy atom. The van der Waals surface area contributed by atoms with Crippen LogP contribution in [0.3, 0.4) is 0 Å². The summed E-state index contributed by atoms with van der Waals surface area (Å²) >= 11 is 0. The Hall–Kier alpha value is -2.39. The minimum absolute atomic E-state index is 0.205. The van der Waals surface area contributed by atoms with Crippen molar-refractivity contribution < 1.29 is 13.5 Å². The summed E-state index contributed by atoms with van der Waals surface area (Å²) in [5.74, 6) is -1.68. The van der Waals surface area contributed by atoms with Crippen LogP contribution in [-0.2, 0) is 18.0 Å². The number of hydrogen-bond donors (Lipinski definition) is 0. The summed E-state index contributed by atoms with van der Waals surface area (Å²) in [5.41, 5.74) is 2.37. The van der Waals surface area contributed by atoms with E-state index < -0.39 is 19.7 Å². The number of benzene rings is 1. The van der Waals surface area contributed by atoms with Gasteiger partial charge in [-0.15, -0.1) is 5.10 Å². The van der Waals surface area contributed by atoms with Crippen molar-refractivity contribution in [3.63, 3.8) is 0 Å². The molecule has 0 saturated heterocycles. The molecular formula is C20H27F2N5OSi. The molecule has 2 heterocycles. The molecule has 6 nitrogen and oxygen atoms in total. The number of nitrogens with zero attached hydrogens (tertiary/aromatic N) is 5. The molecule has 2 aromatic heterocycles. The minimum atomic E-state index is -1.12. The van der Waals surface area contributed by atoms with Gasteiger partial charge in [-0.3, -0.25) is 4.68 Å². The molecule has 29 heavy (non-hydrogen) atoms. The number of halogens is 2. The van der Waals surface area contributed by atoms with Crippen molar-refractivity contribution in [3.8, 4) is 11.1 Å². The highest BCUT2D eigenvalue weighted by molar-refractivity contribution is 6.76. The maximum absolute atomic E-state index is 14.3. The Labute approximate surface area is 170 Å². The first-order valence-corrected chi connectivity index (χ1v) is 13.3. The van der Waals surface area contributed by atoms with E-state index >= 15 is 0 Å². The van der Waals surface area contributed by atoms with Crippen LogP contribution < -0.4 is 0 Å². The van der Waals surface area contributed by atoms with Gasteiger partial charge in [-0.2, -0.15) is 5.10 Å². The lowest BCUT2D eigenvalue weighted by atomic mass is 10.0. The predicted octanol–water partition coefficient (Wildman–Crippen LogP) is 4.40. The van der Waals surface area contributed by atoms with Gasteiger partial charge in [0.15, 0.2) is 11.6 Å². The zero-order valence-corrected chi connectivity index (χ0v) is 18.5. The van der Waals surface area contributed by atoms with E-state index in [0.29, 0.717) is 36.8 Å². The van der Waals surface area contributed by atoms with Gasteiger partial charge in [0.1, 0.15) is 12.4 Å². The molecule has 0 unspecified atom stereocenters. The van der Waals surface area contributed by atoms with Gasteiger partial charge in [0.05, 0.1) is 18.4 Å². The maximum Gasteiger partial charge on any atom is 0.167 e. The van der Waals surface area contributed by atoms with Gasteiger partial charge in [-0.25, -0.2) is 13.5 Å². The SMILES string of the molecule is Cc1ccc(-c2cn(Cc3cn(COCC[Si](C)(C)C)nn3)nc2C)c(F)c1F. The largest absolute Gasteiger partial charge is 0.359 e. The van der Waals surface area contributed by atoms with Crippen molar-refractivity contribution in [2.45, 2.75) is 52.8 Å². The van der Waals surface area contributed by atoms with Gasteiger partial charge < -0.3 is 4.74 Å². The Bertz CT molecular complexity index is 993. The summed E-state index contributed by atoms with van der Waals surface area (Å²) in [4.78, 5) is 0. The average Bonchev–Trinajstić information content (AvgIpc) is 3.23. The van der Waals surface area contributed by atoms with E-state index in [1.165, 1.54) is 6.92 Å².